The van der Waals surface area contributed by atoms with Crippen molar-refractivity contribution in [3.05, 3.63) is 12.7 Å². The van der Waals surface area contributed by atoms with Crippen molar-refractivity contribution in [2.24, 2.45) is 5.92 Å². The van der Waals surface area contributed by atoms with Crippen LogP contribution in [0, 0.1) is 5.92 Å². The smallest absolute Gasteiger partial charge is 0.407 e. The fourth-order valence-corrected chi connectivity index (χ4v) is 1.93. The van der Waals surface area contributed by atoms with Crippen LogP contribution in [0.25, 0.3) is 0 Å². The molecule has 0 aromatic heterocycles. The Morgan fingerprint density at radius 3 is 2.75 bits per heavy atom. The molecule has 1 amide bonds. The maximum atomic E-state index is 11.3. The number of carboxylic acid groups (broad SMARTS) is 1. The highest BCUT2D eigenvalue weighted by Crippen LogP contribution is 2.24. The summed E-state index contributed by atoms with van der Waals surface area (Å²) in [6.07, 6.45) is 4.04. The van der Waals surface area contributed by atoms with E-state index in [1.165, 1.54) is 6.08 Å². The summed E-state index contributed by atoms with van der Waals surface area (Å²) < 4.78 is 4.76. The van der Waals surface area contributed by atoms with E-state index in [9.17, 15) is 9.59 Å². The first-order valence-electron chi connectivity index (χ1n) is 5.42. The Labute approximate surface area is 94.5 Å². The first-order valence-corrected chi connectivity index (χ1v) is 5.42. The molecule has 1 rings (SSSR count). The topological polar surface area (TPSA) is 75.6 Å². The highest BCUT2D eigenvalue weighted by molar-refractivity contribution is 5.73. The summed E-state index contributed by atoms with van der Waals surface area (Å²) in [5.74, 6) is -1.35. The first-order chi connectivity index (χ1) is 7.65. The van der Waals surface area contributed by atoms with Crippen LogP contribution in [-0.4, -0.2) is 29.8 Å². The molecule has 0 bridgehead atoms. The normalized spacial score (nSPS) is 24.5. The minimum absolute atomic E-state index is 0.135. The van der Waals surface area contributed by atoms with Gasteiger partial charge in [-0.05, 0) is 12.8 Å². The van der Waals surface area contributed by atoms with Crippen molar-refractivity contribution in [2.45, 2.75) is 31.7 Å². The molecule has 0 unspecified atom stereocenters. The van der Waals surface area contributed by atoms with Crippen LogP contribution in [0.4, 0.5) is 4.79 Å². The lowest BCUT2D eigenvalue weighted by molar-refractivity contribution is -0.143. The fraction of sp³-hybridized carbons (Fsp3) is 0.636. The SMILES string of the molecule is C=CCOC(=O)N[C@@H]1CCCC[C@@H]1C(=O)O. The van der Waals surface area contributed by atoms with Crippen molar-refractivity contribution in [3.8, 4) is 0 Å². The number of rotatable bonds is 4. The predicted octanol–water partition coefficient (Wildman–Crippen LogP) is 1.54. The van der Waals surface area contributed by atoms with Gasteiger partial charge >= 0.3 is 12.1 Å². The molecule has 1 aliphatic rings. The number of nitrogens with one attached hydrogen (secondary N) is 1. The van der Waals surface area contributed by atoms with E-state index in [1.54, 1.807) is 0 Å². The van der Waals surface area contributed by atoms with E-state index in [4.69, 9.17) is 9.84 Å². The molecular weight excluding hydrogens is 210 g/mol. The lowest BCUT2D eigenvalue weighted by Crippen LogP contribution is -2.45. The van der Waals surface area contributed by atoms with Gasteiger partial charge in [-0.15, -0.1) is 0 Å². The van der Waals surface area contributed by atoms with E-state index in [2.05, 4.69) is 11.9 Å². The van der Waals surface area contributed by atoms with Gasteiger partial charge in [0.1, 0.15) is 6.61 Å². The molecule has 5 nitrogen and oxygen atoms in total. The van der Waals surface area contributed by atoms with E-state index in [-0.39, 0.29) is 12.6 Å². The molecule has 2 N–H and O–H groups in total. The Hall–Kier alpha value is -1.52. The first kappa shape index (κ1) is 12.5. The van der Waals surface area contributed by atoms with Gasteiger partial charge in [-0.3, -0.25) is 4.79 Å². The third kappa shape index (κ3) is 3.56. The Morgan fingerprint density at radius 2 is 2.12 bits per heavy atom. The van der Waals surface area contributed by atoms with Crippen molar-refractivity contribution in [3.63, 3.8) is 0 Å². The van der Waals surface area contributed by atoms with Crippen LogP contribution in [0.5, 0.6) is 0 Å². The number of hydrogen-bond donors (Lipinski definition) is 2. The van der Waals surface area contributed by atoms with Crippen molar-refractivity contribution in [1.29, 1.82) is 0 Å². The molecule has 0 radical (unpaired) electrons. The van der Waals surface area contributed by atoms with Gasteiger partial charge in [0.2, 0.25) is 0 Å². The molecule has 0 aliphatic heterocycles. The molecule has 1 saturated carbocycles. The Bertz CT molecular complexity index is 277. The molecule has 0 aromatic carbocycles. The van der Waals surface area contributed by atoms with Gasteiger partial charge in [-0.1, -0.05) is 25.5 Å². The number of ether oxygens (including phenoxy) is 1. The summed E-state index contributed by atoms with van der Waals surface area (Å²) in [6, 6.07) is -0.316. The molecule has 0 spiro atoms. The molecule has 16 heavy (non-hydrogen) atoms. The lowest BCUT2D eigenvalue weighted by Gasteiger charge is -2.28. The summed E-state index contributed by atoms with van der Waals surface area (Å²) in [7, 11) is 0. The van der Waals surface area contributed by atoms with E-state index in [0.29, 0.717) is 12.8 Å². The minimum atomic E-state index is -0.853. The maximum Gasteiger partial charge on any atom is 0.407 e. The fourth-order valence-electron chi connectivity index (χ4n) is 1.93. The average Bonchev–Trinajstić information content (AvgIpc) is 2.27. The highest BCUT2D eigenvalue weighted by atomic mass is 16.5. The van der Waals surface area contributed by atoms with Crippen LogP contribution in [0.1, 0.15) is 25.7 Å². The van der Waals surface area contributed by atoms with Crippen LogP contribution < -0.4 is 5.32 Å². The van der Waals surface area contributed by atoms with Gasteiger partial charge in [0.25, 0.3) is 0 Å². The standard InChI is InChI=1S/C11H17NO4/c1-2-7-16-11(15)12-9-6-4-3-5-8(9)10(13)14/h2,8-9H,1,3-7H2,(H,12,15)(H,13,14)/t8-,9+/m0/s1. The van der Waals surface area contributed by atoms with Crippen molar-refractivity contribution < 1.29 is 19.4 Å². The van der Waals surface area contributed by atoms with Crippen LogP contribution in [0.3, 0.4) is 0 Å². The second-order valence-electron chi connectivity index (χ2n) is 3.87. The third-order valence-electron chi connectivity index (χ3n) is 2.72. The summed E-state index contributed by atoms with van der Waals surface area (Å²) in [4.78, 5) is 22.2. The number of alkyl carbamates (subject to hydrolysis) is 1. The lowest BCUT2D eigenvalue weighted by atomic mass is 9.85. The van der Waals surface area contributed by atoms with Gasteiger partial charge in [-0.25, -0.2) is 4.79 Å². The van der Waals surface area contributed by atoms with Crippen LogP contribution >= 0.6 is 0 Å². The van der Waals surface area contributed by atoms with Gasteiger partial charge in [0, 0.05) is 6.04 Å². The molecule has 1 aliphatic carbocycles. The number of carboxylic acids is 1. The van der Waals surface area contributed by atoms with Gasteiger partial charge < -0.3 is 15.2 Å². The Morgan fingerprint density at radius 1 is 1.44 bits per heavy atom. The summed E-state index contributed by atoms with van der Waals surface area (Å²) in [5, 5.41) is 11.6. The molecular formula is C11H17NO4. The number of hydrogen-bond acceptors (Lipinski definition) is 3. The highest BCUT2D eigenvalue weighted by Gasteiger charge is 2.31. The molecule has 0 heterocycles. The van der Waals surface area contributed by atoms with Crippen molar-refractivity contribution in [1.82, 2.24) is 5.32 Å². The zero-order valence-electron chi connectivity index (χ0n) is 9.15. The second kappa shape index (κ2) is 6.15. The quantitative estimate of drug-likeness (QED) is 0.714. The molecule has 1 fully saturated rings. The zero-order valence-corrected chi connectivity index (χ0v) is 9.15. The van der Waals surface area contributed by atoms with E-state index in [1.807, 2.05) is 0 Å². The molecule has 90 valence electrons. The van der Waals surface area contributed by atoms with E-state index < -0.39 is 18.0 Å². The number of amides is 1. The number of carbonyl (C=O) groups is 2. The molecule has 0 saturated heterocycles. The monoisotopic (exact) mass is 227 g/mol. The average molecular weight is 227 g/mol. The predicted molar refractivity (Wildman–Crippen MR) is 58.1 cm³/mol. The van der Waals surface area contributed by atoms with Crippen LogP contribution in [0.2, 0.25) is 0 Å². The van der Waals surface area contributed by atoms with Crippen molar-refractivity contribution >= 4 is 12.1 Å². The minimum Gasteiger partial charge on any atom is -0.481 e. The maximum absolute atomic E-state index is 11.3. The zero-order chi connectivity index (χ0) is 12.0. The summed E-state index contributed by atoms with van der Waals surface area (Å²) in [5.41, 5.74) is 0. The van der Waals surface area contributed by atoms with E-state index in [0.717, 1.165) is 12.8 Å². The van der Waals surface area contributed by atoms with E-state index >= 15 is 0 Å². The second-order valence-corrected chi connectivity index (χ2v) is 3.87. The summed E-state index contributed by atoms with van der Waals surface area (Å²) >= 11 is 0. The van der Waals surface area contributed by atoms with Gasteiger partial charge in [0.05, 0.1) is 5.92 Å². The Kier molecular flexibility index (Phi) is 4.82. The van der Waals surface area contributed by atoms with Gasteiger partial charge in [-0.2, -0.15) is 0 Å². The third-order valence-corrected chi connectivity index (χ3v) is 2.72. The largest absolute Gasteiger partial charge is 0.481 e. The molecule has 5 heteroatoms. The van der Waals surface area contributed by atoms with Gasteiger partial charge in [0.15, 0.2) is 0 Å². The molecule has 2 atom stereocenters. The van der Waals surface area contributed by atoms with Crippen molar-refractivity contribution in [2.75, 3.05) is 6.61 Å². The number of aliphatic carboxylic acids is 1. The molecule has 0 aromatic rings. The van der Waals surface area contributed by atoms with Crippen LogP contribution in [-0.2, 0) is 9.53 Å². The van der Waals surface area contributed by atoms with Crippen LogP contribution in [0.15, 0.2) is 12.7 Å². The summed E-state index contributed by atoms with van der Waals surface area (Å²) in [6.45, 7) is 3.56. The number of carbonyl (C=O) groups excluding carboxylic acids is 1. The Balaban J connectivity index is 2.46.